The molecule has 0 amide bonds. The minimum atomic E-state index is -4.73. The predicted molar refractivity (Wildman–Crippen MR) is 65.8 cm³/mol. The van der Waals surface area contributed by atoms with Gasteiger partial charge in [0.15, 0.2) is 5.44 Å². The Bertz CT molecular complexity index is 488. The molecule has 0 heterocycles. The largest absolute Gasteiger partial charge is 0.481 e. The van der Waals surface area contributed by atoms with Crippen LogP contribution in [0.15, 0.2) is 30.3 Å². The van der Waals surface area contributed by atoms with E-state index >= 15 is 0 Å². The molecule has 0 saturated carbocycles. The summed E-state index contributed by atoms with van der Waals surface area (Å²) in [6.45, 7) is 0. The van der Waals surface area contributed by atoms with Crippen molar-refractivity contribution in [2.24, 2.45) is 0 Å². The van der Waals surface area contributed by atoms with Crippen molar-refractivity contribution in [1.82, 2.24) is 0 Å². The van der Waals surface area contributed by atoms with Gasteiger partial charge in [-0.3, -0.25) is 4.79 Å². The lowest BCUT2D eigenvalue weighted by Crippen LogP contribution is -2.23. The Morgan fingerprint density at radius 2 is 2.00 bits per heavy atom. The Morgan fingerprint density at radius 3 is 2.50 bits per heavy atom. The minimum Gasteiger partial charge on any atom is -0.481 e. The molecule has 0 bridgehead atoms. The molecule has 0 aromatic heterocycles. The molecule has 1 unspecified atom stereocenters. The van der Waals surface area contributed by atoms with E-state index in [0.29, 0.717) is 17.5 Å². The third kappa shape index (κ3) is 6.45. The number of aliphatic carboxylic acids is 1. The van der Waals surface area contributed by atoms with Gasteiger partial charge in [-0.15, -0.1) is 15.6 Å². The van der Waals surface area contributed by atoms with Crippen LogP contribution in [-0.4, -0.2) is 36.4 Å². The molecule has 0 radical (unpaired) electrons. The first-order valence-corrected chi connectivity index (χ1v) is 7.44. The number of carboxylic acid groups (broad SMARTS) is 1. The van der Waals surface area contributed by atoms with E-state index in [1.54, 1.807) is 30.3 Å². The quantitative estimate of drug-likeness (QED) is 0.606. The molecule has 1 atom stereocenters. The van der Waals surface area contributed by atoms with E-state index in [2.05, 4.69) is 0 Å². The monoisotopic (exact) mass is 294 g/mol. The lowest BCUT2D eigenvalue weighted by Gasteiger charge is -2.15. The van der Waals surface area contributed by atoms with Crippen molar-refractivity contribution in [3.8, 4) is 5.75 Å². The number of para-hydroxylation sites is 1. The summed E-state index contributed by atoms with van der Waals surface area (Å²) < 4.78 is 39.0. The molecule has 1 rings (SSSR count). The van der Waals surface area contributed by atoms with Gasteiger partial charge in [0, 0.05) is 0 Å². The first-order chi connectivity index (χ1) is 8.37. The topological polar surface area (TPSA) is 80.7 Å². The summed E-state index contributed by atoms with van der Waals surface area (Å²) in [6, 6.07) is 8.20. The van der Waals surface area contributed by atoms with Crippen LogP contribution in [0.2, 0.25) is 0 Å². The summed E-state index contributed by atoms with van der Waals surface area (Å²) >= 11 is 0.710. The smallest absolute Gasteiger partial charge is 0.313 e. The highest BCUT2D eigenvalue weighted by molar-refractivity contribution is 8.01. The Hall–Kier alpha value is -1.28. The molecule has 0 aliphatic heterocycles. The Kier molecular flexibility index (Phi) is 5.42. The number of thioether (sulfide) groups is 1. The summed E-state index contributed by atoms with van der Waals surface area (Å²) in [6.07, 6.45) is 0. The predicted octanol–water partition coefficient (Wildman–Crippen LogP) is 1.51. The van der Waals surface area contributed by atoms with Crippen LogP contribution in [0.1, 0.15) is 0 Å². The zero-order valence-electron chi connectivity index (χ0n) is 9.15. The van der Waals surface area contributed by atoms with Crippen LogP contribution >= 0.6 is 11.8 Å². The molecule has 1 aromatic rings. The molecule has 1 N–H and O–H groups in total. The number of hydrogen-bond acceptors (Lipinski definition) is 5. The van der Waals surface area contributed by atoms with Crippen molar-refractivity contribution in [2.45, 2.75) is 5.44 Å². The number of carboxylic acids is 1. The molecule has 1 aromatic carbocycles. The number of halogens is 1. The van der Waals surface area contributed by atoms with Gasteiger partial charge in [0.05, 0.1) is 5.75 Å². The lowest BCUT2D eigenvalue weighted by molar-refractivity contribution is -0.133. The van der Waals surface area contributed by atoms with Crippen molar-refractivity contribution >= 4 is 28.0 Å². The molecule has 0 spiro atoms. The van der Waals surface area contributed by atoms with Crippen molar-refractivity contribution < 1.29 is 26.9 Å². The summed E-state index contributed by atoms with van der Waals surface area (Å²) in [5.41, 5.74) is -1.10. The van der Waals surface area contributed by atoms with Crippen molar-refractivity contribution in [3.63, 3.8) is 0 Å². The summed E-state index contributed by atoms with van der Waals surface area (Å²) in [4.78, 5) is 10.4. The molecule has 18 heavy (non-hydrogen) atoms. The summed E-state index contributed by atoms with van der Waals surface area (Å²) in [5.74, 6) is -2.03. The second kappa shape index (κ2) is 6.60. The first kappa shape index (κ1) is 14.8. The molecular formula is C10H11FO5S2. The van der Waals surface area contributed by atoms with Gasteiger partial charge in [0.1, 0.15) is 11.5 Å². The van der Waals surface area contributed by atoms with Gasteiger partial charge in [-0.05, 0) is 12.1 Å². The molecule has 100 valence electrons. The van der Waals surface area contributed by atoms with Gasteiger partial charge < -0.3 is 9.84 Å². The maximum absolute atomic E-state index is 12.6. The number of hydrogen-bond donors (Lipinski definition) is 1. The SMILES string of the molecule is O=C(O)CSC(CS(=O)(=O)F)Oc1ccccc1. The van der Waals surface area contributed by atoms with Crippen LogP contribution < -0.4 is 4.74 Å². The first-order valence-electron chi connectivity index (χ1n) is 4.84. The lowest BCUT2D eigenvalue weighted by atomic mass is 10.3. The minimum absolute atomic E-state index is 0.351. The van der Waals surface area contributed by atoms with E-state index in [4.69, 9.17) is 9.84 Å². The van der Waals surface area contributed by atoms with Crippen molar-refractivity contribution in [3.05, 3.63) is 30.3 Å². The van der Waals surface area contributed by atoms with Gasteiger partial charge in [-0.25, -0.2) is 0 Å². The van der Waals surface area contributed by atoms with Crippen LogP contribution in [0.25, 0.3) is 0 Å². The molecule has 8 heteroatoms. The molecule has 0 aliphatic rings. The zero-order valence-corrected chi connectivity index (χ0v) is 10.8. The summed E-state index contributed by atoms with van der Waals surface area (Å²) in [7, 11) is -4.73. The fraction of sp³-hybridized carbons (Fsp3) is 0.300. The average molecular weight is 294 g/mol. The van der Waals surface area contributed by atoms with E-state index in [1.807, 2.05) is 0 Å². The van der Waals surface area contributed by atoms with Crippen molar-refractivity contribution in [1.29, 1.82) is 0 Å². The number of carbonyl (C=O) groups is 1. The highest BCUT2D eigenvalue weighted by atomic mass is 32.3. The van der Waals surface area contributed by atoms with E-state index in [-0.39, 0.29) is 5.75 Å². The van der Waals surface area contributed by atoms with Gasteiger partial charge in [-0.2, -0.15) is 8.42 Å². The van der Waals surface area contributed by atoms with Gasteiger partial charge in [0.25, 0.3) is 0 Å². The van der Waals surface area contributed by atoms with Gasteiger partial charge in [0.2, 0.25) is 0 Å². The van der Waals surface area contributed by atoms with E-state index in [1.165, 1.54) is 0 Å². The van der Waals surface area contributed by atoms with E-state index in [9.17, 15) is 17.1 Å². The second-order valence-electron chi connectivity index (χ2n) is 3.27. The molecular weight excluding hydrogens is 283 g/mol. The fourth-order valence-electron chi connectivity index (χ4n) is 1.09. The number of benzene rings is 1. The standard InChI is InChI=1S/C10H11FO5S2/c11-18(14,15)7-10(17-6-9(12)13)16-8-4-2-1-3-5-8/h1-5,10H,6-7H2,(H,12,13). The van der Waals surface area contributed by atoms with Gasteiger partial charge >= 0.3 is 16.2 Å². The Labute approximate surface area is 108 Å². The van der Waals surface area contributed by atoms with Crippen LogP contribution in [0.4, 0.5) is 3.89 Å². The fourth-order valence-corrected chi connectivity index (χ4v) is 2.87. The van der Waals surface area contributed by atoms with E-state index < -0.39 is 27.4 Å². The highest BCUT2D eigenvalue weighted by Gasteiger charge is 2.21. The third-order valence-electron chi connectivity index (χ3n) is 1.74. The second-order valence-corrected chi connectivity index (χ2v) is 5.83. The normalized spacial score (nSPS) is 12.9. The molecule has 0 saturated heterocycles. The summed E-state index contributed by atoms with van der Waals surface area (Å²) in [5, 5.41) is 8.51. The molecule has 0 aliphatic carbocycles. The van der Waals surface area contributed by atoms with Crippen molar-refractivity contribution in [2.75, 3.05) is 11.5 Å². The highest BCUT2D eigenvalue weighted by Crippen LogP contribution is 2.20. The number of rotatable bonds is 7. The number of ether oxygens (including phenoxy) is 1. The average Bonchev–Trinajstić information content (AvgIpc) is 2.25. The van der Waals surface area contributed by atoms with Crippen LogP contribution in [-0.2, 0) is 15.0 Å². The van der Waals surface area contributed by atoms with Crippen LogP contribution in [0, 0.1) is 0 Å². The maximum Gasteiger partial charge on any atom is 0.313 e. The third-order valence-corrected chi connectivity index (χ3v) is 3.70. The van der Waals surface area contributed by atoms with Crippen LogP contribution in [0.5, 0.6) is 5.75 Å². The molecule has 0 fully saturated rings. The molecule has 5 nitrogen and oxygen atoms in total. The zero-order chi connectivity index (χ0) is 13.6. The maximum atomic E-state index is 12.6. The van der Waals surface area contributed by atoms with Gasteiger partial charge in [-0.1, -0.05) is 18.2 Å². The van der Waals surface area contributed by atoms with Crippen LogP contribution in [0.3, 0.4) is 0 Å². The Balaban J connectivity index is 2.68. The Morgan fingerprint density at radius 1 is 1.39 bits per heavy atom. The van der Waals surface area contributed by atoms with E-state index in [0.717, 1.165) is 0 Å².